The van der Waals surface area contributed by atoms with Crippen molar-refractivity contribution >= 4 is 11.5 Å². The molecule has 2 heterocycles. The van der Waals surface area contributed by atoms with Crippen LogP contribution in [0.4, 0.5) is 0 Å². The van der Waals surface area contributed by atoms with Gasteiger partial charge in [-0.1, -0.05) is 0 Å². The molecule has 0 unspecified atom stereocenters. The predicted molar refractivity (Wildman–Crippen MR) is 55.4 cm³/mol. The van der Waals surface area contributed by atoms with E-state index in [9.17, 15) is 4.79 Å². The Hall–Kier alpha value is -1.49. The summed E-state index contributed by atoms with van der Waals surface area (Å²) in [6, 6.07) is 1.89. The molecular formula is C9H9N3OS. The minimum absolute atomic E-state index is 0.138. The van der Waals surface area contributed by atoms with Crippen LogP contribution in [0.1, 0.15) is 11.1 Å². The molecule has 2 aromatic rings. The number of hydrogen-bond acceptors (Lipinski definition) is 4. The number of rotatable bonds is 1. The van der Waals surface area contributed by atoms with Crippen molar-refractivity contribution in [3.63, 3.8) is 0 Å². The van der Waals surface area contributed by atoms with Crippen LogP contribution in [0.25, 0.3) is 11.4 Å². The highest BCUT2D eigenvalue weighted by atomic mass is 32.1. The first kappa shape index (κ1) is 9.08. The third-order valence-corrected chi connectivity index (χ3v) is 2.77. The maximum Gasteiger partial charge on any atom is 0.267 e. The smallest absolute Gasteiger partial charge is 0.267 e. The van der Waals surface area contributed by atoms with Crippen molar-refractivity contribution in [2.75, 3.05) is 0 Å². The van der Waals surface area contributed by atoms with Crippen molar-refractivity contribution in [2.24, 2.45) is 0 Å². The van der Waals surface area contributed by atoms with Crippen LogP contribution in [0, 0.1) is 13.8 Å². The van der Waals surface area contributed by atoms with Crippen molar-refractivity contribution in [3.8, 4) is 11.4 Å². The molecule has 0 saturated heterocycles. The van der Waals surface area contributed by atoms with Gasteiger partial charge in [0.05, 0.1) is 0 Å². The summed E-state index contributed by atoms with van der Waals surface area (Å²) in [6.45, 7) is 3.66. The topological polar surface area (TPSA) is 58.6 Å². The van der Waals surface area contributed by atoms with E-state index in [-0.39, 0.29) is 5.56 Å². The van der Waals surface area contributed by atoms with Gasteiger partial charge < -0.3 is 0 Å². The molecule has 0 radical (unpaired) electrons. The van der Waals surface area contributed by atoms with Crippen LogP contribution >= 0.6 is 11.5 Å². The molecule has 72 valence electrons. The second-order valence-corrected chi connectivity index (χ2v) is 3.70. The highest BCUT2D eigenvalue weighted by molar-refractivity contribution is 7.03. The fourth-order valence-electron chi connectivity index (χ4n) is 1.21. The van der Waals surface area contributed by atoms with Gasteiger partial charge in [-0.05, 0) is 37.0 Å². The van der Waals surface area contributed by atoms with Gasteiger partial charge in [-0.3, -0.25) is 4.79 Å². The average molecular weight is 207 g/mol. The number of nitrogens with zero attached hydrogens (tertiary/aromatic N) is 2. The lowest BCUT2D eigenvalue weighted by Gasteiger charge is -2.02. The summed E-state index contributed by atoms with van der Waals surface area (Å²) in [4.78, 5) is 11.2. The van der Waals surface area contributed by atoms with Crippen LogP contribution in [0.3, 0.4) is 0 Å². The Labute approximate surface area is 84.8 Å². The van der Waals surface area contributed by atoms with Gasteiger partial charge in [-0.2, -0.15) is 9.47 Å². The van der Waals surface area contributed by atoms with Crippen LogP contribution in [0.5, 0.6) is 0 Å². The van der Waals surface area contributed by atoms with Crippen molar-refractivity contribution in [1.82, 2.24) is 14.6 Å². The molecule has 14 heavy (non-hydrogen) atoms. The lowest BCUT2D eigenvalue weighted by Crippen LogP contribution is -2.14. The van der Waals surface area contributed by atoms with E-state index in [0.717, 1.165) is 17.0 Å². The van der Waals surface area contributed by atoms with Gasteiger partial charge in [-0.25, -0.2) is 5.10 Å². The Morgan fingerprint density at radius 2 is 2.14 bits per heavy atom. The van der Waals surface area contributed by atoms with E-state index in [2.05, 4.69) is 14.6 Å². The number of hydrogen-bond donors (Lipinski definition) is 1. The first-order valence-corrected chi connectivity index (χ1v) is 5.00. The summed E-state index contributed by atoms with van der Waals surface area (Å²) >= 11 is 1.37. The average Bonchev–Trinajstić information content (AvgIpc) is 2.67. The minimum atomic E-state index is -0.138. The maximum absolute atomic E-state index is 11.2. The minimum Gasteiger partial charge on any atom is -0.268 e. The van der Waals surface area contributed by atoms with Crippen LogP contribution in [-0.4, -0.2) is 14.6 Å². The van der Waals surface area contributed by atoms with Gasteiger partial charge in [0, 0.05) is 10.9 Å². The maximum atomic E-state index is 11.2. The second kappa shape index (κ2) is 3.34. The molecule has 0 aliphatic carbocycles. The van der Waals surface area contributed by atoms with Crippen LogP contribution in [0.15, 0.2) is 16.2 Å². The molecule has 0 bridgehead atoms. The fourth-order valence-corrected chi connectivity index (χ4v) is 1.72. The highest BCUT2D eigenvalue weighted by Gasteiger charge is 2.09. The number of aromatic amines is 1. The molecule has 0 atom stereocenters. The quantitative estimate of drug-likeness (QED) is 0.771. The standard InChI is InChI=1S/C9H9N3OS/c1-5-6(2)9(13)11-10-8(5)7-3-4-14-12-7/h3-4H,1-2H3,(H,11,13). The van der Waals surface area contributed by atoms with Crippen LogP contribution in [-0.2, 0) is 0 Å². The summed E-state index contributed by atoms with van der Waals surface area (Å²) in [6.07, 6.45) is 0. The van der Waals surface area contributed by atoms with Crippen LogP contribution < -0.4 is 5.56 Å². The molecule has 0 spiro atoms. The Morgan fingerprint density at radius 3 is 2.79 bits per heavy atom. The first-order valence-electron chi connectivity index (χ1n) is 4.17. The molecule has 0 saturated carbocycles. The third-order valence-electron chi connectivity index (χ3n) is 2.21. The van der Waals surface area contributed by atoms with Gasteiger partial charge in [0.1, 0.15) is 11.4 Å². The molecule has 1 N–H and O–H groups in total. The second-order valence-electron chi connectivity index (χ2n) is 3.04. The van der Waals surface area contributed by atoms with E-state index in [4.69, 9.17) is 0 Å². The summed E-state index contributed by atoms with van der Waals surface area (Å²) in [5.41, 5.74) is 3.01. The zero-order valence-electron chi connectivity index (χ0n) is 7.87. The summed E-state index contributed by atoms with van der Waals surface area (Å²) in [5, 5.41) is 8.33. The van der Waals surface area contributed by atoms with Gasteiger partial charge in [-0.15, -0.1) is 0 Å². The summed E-state index contributed by atoms with van der Waals surface area (Å²) in [7, 11) is 0. The molecular weight excluding hydrogens is 198 g/mol. The monoisotopic (exact) mass is 207 g/mol. The fraction of sp³-hybridized carbons (Fsp3) is 0.222. The zero-order valence-corrected chi connectivity index (χ0v) is 8.68. The molecule has 2 rings (SSSR count). The summed E-state index contributed by atoms with van der Waals surface area (Å²) in [5.74, 6) is 0. The van der Waals surface area contributed by atoms with E-state index < -0.39 is 0 Å². The van der Waals surface area contributed by atoms with Crippen molar-refractivity contribution in [1.29, 1.82) is 0 Å². The Morgan fingerprint density at radius 1 is 1.36 bits per heavy atom. The normalized spacial score (nSPS) is 10.4. The number of aromatic nitrogens is 3. The van der Waals surface area contributed by atoms with Crippen molar-refractivity contribution in [2.45, 2.75) is 13.8 Å². The SMILES string of the molecule is Cc1c(-c2ccsn2)n[nH]c(=O)c1C. The Kier molecular flexibility index (Phi) is 2.17. The molecule has 2 aromatic heterocycles. The molecule has 5 heteroatoms. The van der Waals surface area contributed by atoms with Gasteiger partial charge >= 0.3 is 0 Å². The third kappa shape index (κ3) is 1.35. The molecule has 4 nitrogen and oxygen atoms in total. The van der Waals surface area contributed by atoms with E-state index in [1.54, 1.807) is 6.92 Å². The zero-order chi connectivity index (χ0) is 10.1. The predicted octanol–water partition coefficient (Wildman–Crippen LogP) is 1.51. The van der Waals surface area contributed by atoms with Crippen LogP contribution in [0.2, 0.25) is 0 Å². The number of nitrogens with one attached hydrogen (secondary N) is 1. The molecule has 0 aliphatic heterocycles. The van der Waals surface area contributed by atoms with Gasteiger partial charge in [0.25, 0.3) is 5.56 Å². The van der Waals surface area contributed by atoms with E-state index >= 15 is 0 Å². The molecule has 0 fully saturated rings. The number of H-pyrrole nitrogens is 1. The first-order chi connectivity index (χ1) is 6.70. The van der Waals surface area contributed by atoms with Gasteiger partial charge in [0.15, 0.2) is 0 Å². The lowest BCUT2D eigenvalue weighted by molar-refractivity contribution is 0.956. The Balaban J connectivity index is 2.67. The van der Waals surface area contributed by atoms with E-state index in [1.165, 1.54) is 11.5 Å². The van der Waals surface area contributed by atoms with Crippen molar-refractivity contribution in [3.05, 3.63) is 32.9 Å². The largest absolute Gasteiger partial charge is 0.268 e. The molecule has 0 aliphatic rings. The lowest BCUT2D eigenvalue weighted by atomic mass is 10.1. The van der Waals surface area contributed by atoms with Gasteiger partial charge in [0.2, 0.25) is 0 Å². The van der Waals surface area contributed by atoms with E-state index in [0.29, 0.717) is 5.56 Å². The molecule has 0 aromatic carbocycles. The summed E-state index contributed by atoms with van der Waals surface area (Å²) < 4.78 is 4.18. The molecule has 0 amide bonds. The van der Waals surface area contributed by atoms with E-state index in [1.807, 2.05) is 18.4 Å². The highest BCUT2D eigenvalue weighted by Crippen LogP contribution is 2.19. The van der Waals surface area contributed by atoms with Crippen molar-refractivity contribution < 1.29 is 0 Å². The Bertz CT molecular complexity index is 501.